The van der Waals surface area contributed by atoms with Gasteiger partial charge in [0.1, 0.15) is 12.4 Å². The number of aliphatic hydroxyl groups excluding tert-OH is 2. The third-order valence-electron chi connectivity index (χ3n) is 7.45. The van der Waals surface area contributed by atoms with Gasteiger partial charge in [-0.15, -0.1) is 0 Å². The molecule has 1 atom stereocenters. The molecule has 0 spiro atoms. The van der Waals surface area contributed by atoms with E-state index in [-0.39, 0.29) is 12.4 Å². The van der Waals surface area contributed by atoms with Crippen LogP contribution in [-0.2, 0) is 17.6 Å². The molecule has 1 heterocycles. The molecule has 221 valence electrons. The highest BCUT2D eigenvalue weighted by atomic mass is 16.5. The number of benzene rings is 3. The number of aliphatic hydroxyl groups is 2. The van der Waals surface area contributed by atoms with Crippen LogP contribution in [0.4, 0.5) is 5.69 Å². The van der Waals surface area contributed by atoms with Crippen molar-refractivity contribution in [3.05, 3.63) is 102 Å². The number of ketones is 1. The van der Waals surface area contributed by atoms with Crippen molar-refractivity contribution in [3.63, 3.8) is 0 Å². The number of Topliss-reactive ketones (excluding diaryl/α,β-unsaturated/α-hetero) is 1. The Morgan fingerprint density at radius 2 is 1.59 bits per heavy atom. The Kier molecular flexibility index (Phi) is 12.8. The molecule has 3 aromatic carbocycles. The minimum absolute atomic E-state index is 0.0191. The fourth-order valence-corrected chi connectivity index (χ4v) is 5.05. The number of anilines is 1. The second kappa shape index (κ2) is 16.3. The standard InChI is InChI=1S/C23H30N2O2.C11H15O3/c1-4-23(24(2)3,18-19-8-6-5-7-9-19)22(26)20-10-12-21(13-11-20)25-14-16-27-17-15-25;1-9(13)8-10-2-4-11(5-3-10)14-7-6-12/h5-13H,4,14-18H2,1-3H3;2-5,12-13H,6-8H2,1H3. The van der Waals surface area contributed by atoms with Gasteiger partial charge >= 0.3 is 0 Å². The summed E-state index contributed by atoms with van der Waals surface area (Å²) in [4.78, 5) is 17.9. The van der Waals surface area contributed by atoms with Crippen LogP contribution in [0.3, 0.4) is 0 Å². The molecule has 0 aromatic heterocycles. The van der Waals surface area contributed by atoms with Gasteiger partial charge in [0.05, 0.1) is 31.5 Å². The summed E-state index contributed by atoms with van der Waals surface area (Å²) in [5.41, 5.74) is 3.62. The SMILES string of the molecule is CCC(Cc1ccccc1)(C(=O)c1ccc(N2CCOCC2)cc1)N(C)C.C[C](O)Cc1ccc(OCCO)cc1. The van der Waals surface area contributed by atoms with Crippen molar-refractivity contribution in [2.24, 2.45) is 0 Å². The van der Waals surface area contributed by atoms with E-state index in [1.165, 1.54) is 5.56 Å². The zero-order valence-corrected chi connectivity index (χ0v) is 24.9. The van der Waals surface area contributed by atoms with Crippen LogP contribution in [0.25, 0.3) is 0 Å². The van der Waals surface area contributed by atoms with Crippen molar-refractivity contribution in [3.8, 4) is 5.75 Å². The Morgan fingerprint density at radius 1 is 0.951 bits per heavy atom. The zero-order chi connectivity index (χ0) is 29.7. The lowest BCUT2D eigenvalue weighted by atomic mass is 9.80. The van der Waals surface area contributed by atoms with Crippen LogP contribution in [0.15, 0.2) is 78.9 Å². The summed E-state index contributed by atoms with van der Waals surface area (Å²) >= 11 is 0. The van der Waals surface area contributed by atoms with Crippen LogP contribution in [0, 0.1) is 6.10 Å². The molecule has 1 radical (unpaired) electrons. The zero-order valence-electron chi connectivity index (χ0n) is 24.9. The molecule has 1 unspecified atom stereocenters. The number of hydrogen-bond acceptors (Lipinski definition) is 7. The average molecular weight is 562 g/mol. The third-order valence-corrected chi connectivity index (χ3v) is 7.45. The first-order valence-electron chi connectivity index (χ1n) is 14.3. The molecule has 0 bridgehead atoms. The number of carbonyl (C=O) groups is 1. The van der Waals surface area contributed by atoms with Gasteiger partial charge in [-0.3, -0.25) is 9.69 Å². The van der Waals surface area contributed by atoms with Gasteiger partial charge < -0.3 is 24.6 Å². The molecule has 1 aliphatic rings. The van der Waals surface area contributed by atoms with Crippen LogP contribution < -0.4 is 9.64 Å². The average Bonchev–Trinajstić information content (AvgIpc) is 3.00. The molecule has 7 heteroatoms. The van der Waals surface area contributed by atoms with E-state index in [1.807, 2.05) is 68.7 Å². The summed E-state index contributed by atoms with van der Waals surface area (Å²) in [5.74, 6) is 0.922. The molecule has 7 nitrogen and oxygen atoms in total. The third kappa shape index (κ3) is 9.40. The summed E-state index contributed by atoms with van der Waals surface area (Å²) in [6.45, 7) is 7.43. The number of hydrogen-bond donors (Lipinski definition) is 2. The fraction of sp³-hybridized carbons (Fsp3) is 0.412. The predicted octanol–water partition coefficient (Wildman–Crippen LogP) is 5.18. The number of morpholine rings is 1. The Bertz CT molecular complexity index is 1160. The quantitative estimate of drug-likeness (QED) is 0.295. The normalized spacial score (nSPS) is 14.8. The molecular weight excluding hydrogens is 516 g/mol. The largest absolute Gasteiger partial charge is 0.491 e. The van der Waals surface area contributed by atoms with E-state index in [1.54, 1.807) is 6.92 Å². The Morgan fingerprint density at radius 3 is 2.12 bits per heavy atom. The van der Waals surface area contributed by atoms with Crippen molar-refractivity contribution in [1.82, 2.24) is 4.90 Å². The molecule has 1 saturated heterocycles. The molecule has 0 saturated carbocycles. The molecule has 3 aromatic rings. The molecular formula is C34H45N2O5. The topological polar surface area (TPSA) is 82.5 Å². The van der Waals surface area contributed by atoms with Gasteiger partial charge in [-0.2, -0.15) is 0 Å². The first-order chi connectivity index (χ1) is 19.8. The van der Waals surface area contributed by atoms with Crippen molar-refractivity contribution in [2.75, 3.05) is 58.5 Å². The van der Waals surface area contributed by atoms with E-state index < -0.39 is 5.54 Å². The number of carbonyl (C=O) groups excluding carboxylic acids is 1. The lowest BCUT2D eigenvalue weighted by molar-refractivity contribution is 0.0666. The first-order valence-corrected chi connectivity index (χ1v) is 14.3. The molecule has 0 amide bonds. The summed E-state index contributed by atoms with van der Waals surface area (Å²) in [6, 6.07) is 25.8. The van der Waals surface area contributed by atoms with Gasteiger partial charge in [0.2, 0.25) is 0 Å². The number of nitrogens with zero attached hydrogens (tertiary/aromatic N) is 2. The van der Waals surface area contributed by atoms with Crippen LogP contribution in [0.1, 0.15) is 41.8 Å². The molecule has 1 aliphatic heterocycles. The summed E-state index contributed by atoms with van der Waals surface area (Å²) in [6.07, 6.45) is 2.44. The Labute approximate surface area is 245 Å². The van der Waals surface area contributed by atoms with E-state index in [9.17, 15) is 4.79 Å². The second-order valence-electron chi connectivity index (χ2n) is 10.5. The van der Waals surface area contributed by atoms with E-state index in [0.29, 0.717) is 25.6 Å². The summed E-state index contributed by atoms with van der Waals surface area (Å²) in [5, 5.41) is 17.6. The number of ether oxygens (including phenoxy) is 2. The van der Waals surface area contributed by atoms with Gasteiger partial charge in [0.25, 0.3) is 0 Å². The van der Waals surface area contributed by atoms with Gasteiger partial charge in [0.15, 0.2) is 5.78 Å². The lowest BCUT2D eigenvalue weighted by Gasteiger charge is -2.38. The maximum absolute atomic E-state index is 13.6. The number of likely N-dealkylation sites (N-methyl/N-ethyl adjacent to an activating group) is 1. The van der Waals surface area contributed by atoms with E-state index >= 15 is 0 Å². The van der Waals surface area contributed by atoms with E-state index in [2.05, 4.69) is 41.0 Å². The molecule has 1 fully saturated rings. The van der Waals surface area contributed by atoms with Crippen LogP contribution in [0.2, 0.25) is 0 Å². The van der Waals surface area contributed by atoms with Gasteiger partial charge in [-0.1, -0.05) is 49.4 Å². The minimum Gasteiger partial charge on any atom is -0.491 e. The molecule has 41 heavy (non-hydrogen) atoms. The van der Waals surface area contributed by atoms with Crippen molar-refractivity contribution < 1.29 is 24.5 Å². The monoisotopic (exact) mass is 561 g/mol. The minimum atomic E-state index is -0.540. The fourth-order valence-electron chi connectivity index (χ4n) is 5.05. The van der Waals surface area contributed by atoms with Gasteiger partial charge in [0, 0.05) is 30.8 Å². The van der Waals surface area contributed by atoms with Crippen LogP contribution in [0.5, 0.6) is 5.75 Å². The highest BCUT2D eigenvalue weighted by Gasteiger charge is 2.39. The smallest absolute Gasteiger partial charge is 0.183 e. The van der Waals surface area contributed by atoms with Crippen molar-refractivity contribution in [2.45, 2.75) is 38.6 Å². The number of rotatable bonds is 12. The van der Waals surface area contributed by atoms with Crippen molar-refractivity contribution >= 4 is 11.5 Å². The molecule has 0 aliphatic carbocycles. The molecule has 2 N–H and O–H groups in total. The van der Waals surface area contributed by atoms with Crippen LogP contribution >= 0.6 is 0 Å². The maximum Gasteiger partial charge on any atom is 0.183 e. The highest BCUT2D eigenvalue weighted by Crippen LogP contribution is 2.29. The Balaban J connectivity index is 0.000000278. The lowest BCUT2D eigenvalue weighted by Crippen LogP contribution is -2.52. The second-order valence-corrected chi connectivity index (χ2v) is 10.5. The van der Waals surface area contributed by atoms with E-state index in [0.717, 1.165) is 55.3 Å². The first kappa shape index (κ1) is 32.3. The van der Waals surface area contributed by atoms with Gasteiger partial charge in [-0.05, 0) is 81.4 Å². The van der Waals surface area contributed by atoms with Crippen LogP contribution in [-0.4, -0.2) is 80.0 Å². The maximum atomic E-state index is 13.6. The highest BCUT2D eigenvalue weighted by molar-refractivity contribution is 6.03. The van der Waals surface area contributed by atoms with E-state index in [4.69, 9.17) is 19.7 Å². The summed E-state index contributed by atoms with van der Waals surface area (Å²) < 4.78 is 10.6. The molecule has 4 rings (SSSR count). The summed E-state index contributed by atoms with van der Waals surface area (Å²) in [7, 11) is 4.01. The van der Waals surface area contributed by atoms with Crippen molar-refractivity contribution in [1.29, 1.82) is 0 Å². The predicted molar refractivity (Wildman–Crippen MR) is 164 cm³/mol. The van der Waals surface area contributed by atoms with Gasteiger partial charge in [-0.25, -0.2) is 0 Å². The Hall–Kier alpha value is -3.23.